The molecule has 1 unspecified atom stereocenters. The first-order valence-corrected chi connectivity index (χ1v) is 12.0. The minimum Gasteiger partial charge on any atom is -0.377 e. The van der Waals surface area contributed by atoms with Gasteiger partial charge in [-0.2, -0.15) is 0 Å². The third kappa shape index (κ3) is 6.33. The summed E-state index contributed by atoms with van der Waals surface area (Å²) in [5.74, 6) is 0.483. The fourth-order valence-electron chi connectivity index (χ4n) is 3.67. The average molecular weight is 444 g/mol. The van der Waals surface area contributed by atoms with Crippen molar-refractivity contribution in [2.45, 2.75) is 60.0 Å². The number of thiophene rings is 1. The SMILES string of the molecule is CCC(CC)C(=O)N(Cc1cc(NC(=O)c2cccs2)ccc1N(C)C)C(C)C(C)C. The lowest BCUT2D eigenvalue weighted by molar-refractivity contribution is -0.139. The summed E-state index contributed by atoms with van der Waals surface area (Å²) in [5, 5.41) is 4.89. The molecule has 0 aliphatic rings. The van der Waals surface area contributed by atoms with Crippen molar-refractivity contribution < 1.29 is 9.59 Å². The smallest absolute Gasteiger partial charge is 0.265 e. The van der Waals surface area contributed by atoms with E-state index in [0.717, 1.165) is 29.8 Å². The van der Waals surface area contributed by atoms with Gasteiger partial charge in [-0.1, -0.05) is 33.8 Å². The van der Waals surface area contributed by atoms with Gasteiger partial charge >= 0.3 is 0 Å². The first-order valence-electron chi connectivity index (χ1n) is 11.1. The molecule has 0 fully saturated rings. The van der Waals surface area contributed by atoms with E-state index in [4.69, 9.17) is 0 Å². The number of benzene rings is 1. The van der Waals surface area contributed by atoms with Crippen molar-refractivity contribution in [3.8, 4) is 0 Å². The summed E-state index contributed by atoms with van der Waals surface area (Å²) in [7, 11) is 4.00. The van der Waals surface area contributed by atoms with Crippen LogP contribution in [-0.4, -0.2) is 36.9 Å². The quantitative estimate of drug-likeness (QED) is 0.499. The van der Waals surface area contributed by atoms with E-state index < -0.39 is 0 Å². The molecule has 0 aliphatic carbocycles. The Hall–Kier alpha value is -2.34. The lowest BCUT2D eigenvalue weighted by Crippen LogP contribution is -2.44. The minimum absolute atomic E-state index is 0.0331. The van der Waals surface area contributed by atoms with Gasteiger partial charge in [0.05, 0.1) is 4.88 Å². The maximum atomic E-state index is 13.4. The average Bonchev–Trinajstić information content (AvgIpc) is 3.27. The summed E-state index contributed by atoms with van der Waals surface area (Å²) in [4.78, 5) is 30.7. The molecular formula is C25H37N3O2S. The van der Waals surface area contributed by atoms with Gasteiger partial charge in [0.25, 0.3) is 5.91 Å². The molecule has 1 aromatic carbocycles. The molecular weight excluding hydrogens is 406 g/mol. The molecule has 2 aromatic rings. The maximum Gasteiger partial charge on any atom is 0.265 e. The van der Waals surface area contributed by atoms with E-state index in [2.05, 4.69) is 44.8 Å². The summed E-state index contributed by atoms with van der Waals surface area (Å²) in [5.41, 5.74) is 2.82. The molecule has 2 rings (SSSR count). The van der Waals surface area contributed by atoms with Gasteiger partial charge in [0, 0.05) is 44.0 Å². The van der Waals surface area contributed by atoms with E-state index in [-0.39, 0.29) is 23.8 Å². The summed E-state index contributed by atoms with van der Waals surface area (Å²) >= 11 is 1.42. The predicted molar refractivity (Wildman–Crippen MR) is 132 cm³/mol. The van der Waals surface area contributed by atoms with Crippen LogP contribution in [0.1, 0.15) is 62.7 Å². The third-order valence-electron chi connectivity index (χ3n) is 5.98. The van der Waals surface area contributed by atoms with Crippen molar-refractivity contribution in [1.29, 1.82) is 0 Å². The van der Waals surface area contributed by atoms with E-state index >= 15 is 0 Å². The van der Waals surface area contributed by atoms with Gasteiger partial charge in [-0.25, -0.2) is 0 Å². The molecule has 170 valence electrons. The van der Waals surface area contributed by atoms with Crippen LogP contribution in [0.25, 0.3) is 0 Å². The molecule has 1 aromatic heterocycles. The third-order valence-corrected chi connectivity index (χ3v) is 6.85. The molecule has 31 heavy (non-hydrogen) atoms. The van der Waals surface area contributed by atoms with Crippen LogP contribution in [0, 0.1) is 11.8 Å². The summed E-state index contributed by atoms with van der Waals surface area (Å²) in [6.07, 6.45) is 1.68. The molecule has 0 spiro atoms. The Kier molecular flexibility index (Phi) is 9.11. The number of nitrogens with one attached hydrogen (secondary N) is 1. The van der Waals surface area contributed by atoms with Crippen LogP contribution in [-0.2, 0) is 11.3 Å². The van der Waals surface area contributed by atoms with Gasteiger partial charge in [-0.15, -0.1) is 11.3 Å². The monoisotopic (exact) mass is 443 g/mol. The fourth-order valence-corrected chi connectivity index (χ4v) is 4.28. The predicted octanol–water partition coefficient (Wildman–Crippen LogP) is 5.88. The van der Waals surface area contributed by atoms with Crippen LogP contribution in [0.15, 0.2) is 35.7 Å². The molecule has 5 nitrogen and oxygen atoms in total. The number of carbonyl (C=O) groups excluding carboxylic acids is 2. The van der Waals surface area contributed by atoms with Crippen LogP contribution in [0.2, 0.25) is 0 Å². The Bertz CT molecular complexity index is 858. The van der Waals surface area contributed by atoms with Crippen molar-refractivity contribution in [2.24, 2.45) is 11.8 Å². The van der Waals surface area contributed by atoms with Crippen LogP contribution in [0.4, 0.5) is 11.4 Å². The van der Waals surface area contributed by atoms with Gasteiger partial charge in [0.1, 0.15) is 0 Å². The molecule has 0 saturated heterocycles. The van der Waals surface area contributed by atoms with E-state index in [1.165, 1.54) is 11.3 Å². The van der Waals surface area contributed by atoms with Crippen molar-refractivity contribution in [3.05, 3.63) is 46.2 Å². The van der Waals surface area contributed by atoms with Crippen LogP contribution in [0.5, 0.6) is 0 Å². The van der Waals surface area contributed by atoms with E-state index in [1.807, 2.05) is 54.7 Å². The zero-order valence-corrected chi connectivity index (χ0v) is 20.8. The van der Waals surface area contributed by atoms with Crippen LogP contribution < -0.4 is 10.2 Å². The molecule has 1 atom stereocenters. The van der Waals surface area contributed by atoms with Gasteiger partial charge in [-0.3, -0.25) is 9.59 Å². The number of hydrogen-bond acceptors (Lipinski definition) is 4. The fraction of sp³-hybridized carbons (Fsp3) is 0.520. The Balaban J connectivity index is 2.39. The Morgan fingerprint density at radius 1 is 1.06 bits per heavy atom. The Labute approximate surface area is 191 Å². The maximum absolute atomic E-state index is 13.4. The molecule has 0 radical (unpaired) electrons. The summed E-state index contributed by atoms with van der Waals surface area (Å²) in [6, 6.07) is 9.74. The zero-order chi connectivity index (χ0) is 23.1. The number of rotatable bonds is 10. The topological polar surface area (TPSA) is 52.7 Å². The second-order valence-electron chi connectivity index (χ2n) is 8.63. The molecule has 1 N–H and O–H groups in total. The summed E-state index contributed by atoms with van der Waals surface area (Å²) in [6.45, 7) is 11.1. The second-order valence-corrected chi connectivity index (χ2v) is 9.58. The zero-order valence-electron chi connectivity index (χ0n) is 19.9. The van der Waals surface area contributed by atoms with Crippen molar-refractivity contribution in [2.75, 3.05) is 24.3 Å². The summed E-state index contributed by atoms with van der Waals surface area (Å²) < 4.78 is 0. The number of carbonyl (C=O) groups is 2. The molecule has 1 heterocycles. The largest absolute Gasteiger partial charge is 0.377 e. The molecule has 0 saturated carbocycles. The van der Waals surface area contributed by atoms with Crippen molar-refractivity contribution in [3.63, 3.8) is 0 Å². The van der Waals surface area contributed by atoms with E-state index in [9.17, 15) is 9.59 Å². The number of hydrogen-bond donors (Lipinski definition) is 1. The standard InChI is InChI=1S/C25H37N3O2S/c1-8-19(9-2)25(30)28(18(5)17(3)4)16-20-15-21(12-13-22(20)27(6)7)26-24(29)23-11-10-14-31-23/h10-15,17-19H,8-9,16H2,1-7H3,(H,26,29). The lowest BCUT2D eigenvalue weighted by Gasteiger charge is -2.35. The van der Waals surface area contributed by atoms with Gasteiger partial charge < -0.3 is 15.1 Å². The minimum atomic E-state index is -0.112. The Morgan fingerprint density at radius 3 is 2.26 bits per heavy atom. The normalized spacial score (nSPS) is 12.2. The second kappa shape index (κ2) is 11.3. The first kappa shape index (κ1) is 24.9. The lowest BCUT2D eigenvalue weighted by atomic mass is 9.97. The van der Waals surface area contributed by atoms with Crippen molar-refractivity contribution in [1.82, 2.24) is 4.90 Å². The molecule has 0 aliphatic heterocycles. The van der Waals surface area contributed by atoms with Crippen molar-refractivity contribution >= 4 is 34.5 Å². The molecule has 0 bridgehead atoms. The highest BCUT2D eigenvalue weighted by Crippen LogP contribution is 2.28. The Morgan fingerprint density at radius 2 is 1.74 bits per heavy atom. The molecule has 2 amide bonds. The highest BCUT2D eigenvalue weighted by Gasteiger charge is 2.28. The first-order chi connectivity index (χ1) is 14.7. The van der Waals surface area contributed by atoms with Gasteiger partial charge in [-0.05, 0) is 60.9 Å². The molecule has 6 heteroatoms. The highest BCUT2D eigenvalue weighted by molar-refractivity contribution is 7.12. The van der Waals surface area contributed by atoms with E-state index in [1.54, 1.807) is 0 Å². The van der Waals surface area contributed by atoms with Gasteiger partial charge in [0.2, 0.25) is 5.91 Å². The van der Waals surface area contributed by atoms with Crippen LogP contribution in [0.3, 0.4) is 0 Å². The number of anilines is 2. The number of nitrogens with zero attached hydrogens (tertiary/aromatic N) is 2. The number of amides is 2. The highest BCUT2D eigenvalue weighted by atomic mass is 32.1. The van der Waals surface area contributed by atoms with Gasteiger partial charge in [0.15, 0.2) is 0 Å². The van der Waals surface area contributed by atoms with E-state index in [0.29, 0.717) is 17.3 Å². The van der Waals surface area contributed by atoms with Crippen LogP contribution >= 0.6 is 11.3 Å².